The van der Waals surface area contributed by atoms with Crippen LogP contribution in [0, 0.1) is 34.0 Å². The van der Waals surface area contributed by atoms with Gasteiger partial charge < -0.3 is 0 Å². The van der Waals surface area contributed by atoms with Gasteiger partial charge >= 0.3 is 0 Å². The van der Waals surface area contributed by atoms with Gasteiger partial charge in [0.05, 0.1) is 0 Å². The van der Waals surface area contributed by atoms with Gasteiger partial charge in [-0.1, -0.05) is 61.3 Å². The molecule has 2 fully saturated rings. The van der Waals surface area contributed by atoms with E-state index in [4.69, 9.17) is 0 Å². The van der Waals surface area contributed by atoms with Crippen molar-refractivity contribution in [3.63, 3.8) is 0 Å². The molecule has 130 valence electrons. The molecule has 3 unspecified atom stereocenters. The Morgan fingerprint density at radius 2 is 1.59 bits per heavy atom. The quantitative estimate of drug-likeness (QED) is 0.477. The molecule has 0 nitrogen and oxygen atoms in total. The Morgan fingerprint density at radius 3 is 2.05 bits per heavy atom. The summed E-state index contributed by atoms with van der Waals surface area (Å²) in [5, 5.41) is 0. The fourth-order valence-electron chi connectivity index (χ4n) is 5.87. The first-order valence-electron chi connectivity index (χ1n) is 10.2. The number of hydrogen-bond acceptors (Lipinski definition) is 0. The molecule has 0 N–H and O–H groups in total. The summed E-state index contributed by atoms with van der Waals surface area (Å²) in [4.78, 5) is 0. The lowest BCUT2D eigenvalue weighted by Crippen LogP contribution is -2.53. The molecule has 0 aliphatic heterocycles. The molecule has 2 aliphatic carbocycles. The molecule has 2 aliphatic rings. The van der Waals surface area contributed by atoms with Gasteiger partial charge in [0.25, 0.3) is 0 Å². The first kappa shape index (κ1) is 18.3. The Labute approximate surface area is 140 Å². The van der Waals surface area contributed by atoms with E-state index in [0.717, 1.165) is 17.8 Å². The molecular formula is C22H42. The van der Waals surface area contributed by atoms with Crippen LogP contribution in [0.4, 0.5) is 0 Å². The van der Waals surface area contributed by atoms with Crippen molar-refractivity contribution in [1.82, 2.24) is 0 Å². The smallest absolute Gasteiger partial charge is 0.0244 e. The van der Waals surface area contributed by atoms with Gasteiger partial charge in [0.2, 0.25) is 0 Å². The van der Waals surface area contributed by atoms with Gasteiger partial charge in [-0.25, -0.2) is 0 Å². The van der Waals surface area contributed by atoms with Crippen LogP contribution >= 0.6 is 0 Å². The van der Waals surface area contributed by atoms with Crippen molar-refractivity contribution < 1.29 is 0 Å². The zero-order chi connectivity index (χ0) is 16.6. The molecular weight excluding hydrogens is 264 g/mol. The van der Waals surface area contributed by atoms with Gasteiger partial charge in [0.15, 0.2) is 0 Å². The highest BCUT2D eigenvalue weighted by molar-refractivity contribution is 5.05. The third kappa shape index (κ3) is 3.41. The molecule has 0 spiro atoms. The zero-order valence-electron chi connectivity index (χ0n) is 16.6. The summed E-state index contributed by atoms with van der Waals surface area (Å²) in [6.07, 6.45) is 13.1. The van der Waals surface area contributed by atoms with Gasteiger partial charge in [-0.2, -0.15) is 0 Å². The Hall–Kier alpha value is 0. The molecule has 0 amide bonds. The minimum Gasteiger partial charge on any atom is -0.0651 e. The summed E-state index contributed by atoms with van der Waals surface area (Å²) in [6, 6.07) is 0. The van der Waals surface area contributed by atoms with Crippen molar-refractivity contribution in [2.75, 3.05) is 0 Å². The van der Waals surface area contributed by atoms with E-state index < -0.39 is 0 Å². The Kier molecular flexibility index (Phi) is 5.40. The van der Waals surface area contributed by atoms with Crippen molar-refractivity contribution in [1.29, 1.82) is 0 Å². The van der Waals surface area contributed by atoms with Crippen LogP contribution in [0.15, 0.2) is 0 Å². The van der Waals surface area contributed by atoms with Crippen molar-refractivity contribution in [2.24, 2.45) is 34.0 Å². The first-order valence-corrected chi connectivity index (χ1v) is 10.2. The van der Waals surface area contributed by atoms with Crippen LogP contribution in [0.2, 0.25) is 0 Å². The predicted molar refractivity (Wildman–Crippen MR) is 99.0 cm³/mol. The molecule has 0 heteroatoms. The molecule has 0 radical (unpaired) electrons. The molecule has 0 aromatic carbocycles. The van der Waals surface area contributed by atoms with Crippen LogP contribution in [0.25, 0.3) is 0 Å². The Bertz CT molecular complexity index is 358. The lowest BCUT2D eigenvalue weighted by Gasteiger charge is -2.62. The average Bonchev–Trinajstić information content (AvgIpc) is 2.47. The second kappa shape index (κ2) is 6.48. The SMILES string of the molecule is CCC1CC(C)(C)C1(C)CC(C)CC1CCC(C)(CC)CC1. The summed E-state index contributed by atoms with van der Waals surface area (Å²) in [5.41, 5.74) is 1.82. The minimum absolute atomic E-state index is 0.565. The second-order valence-electron chi connectivity index (χ2n) is 10.3. The van der Waals surface area contributed by atoms with Crippen LogP contribution < -0.4 is 0 Å². The topological polar surface area (TPSA) is 0 Å². The maximum absolute atomic E-state index is 2.59. The highest BCUT2D eigenvalue weighted by atomic mass is 14.6. The van der Waals surface area contributed by atoms with E-state index in [2.05, 4.69) is 48.5 Å². The van der Waals surface area contributed by atoms with Crippen LogP contribution in [-0.4, -0.2) is 0 Å². The second-order valence-corrected chi connectivity index (χ2v) is 10.3. The van der Waals surface area contributed by atoms with E-state index in [1.807, 2.05) is 0 Å². The number of rotatable bonds is 6. The molecule has 2 rings (SSSR count). The van der Waals surface area contributed by atoms with Crippen molar-refractivity contribution in [3.05, 3.63) is 0 Å². The first-order chi connectivity index (χ1) is 10.2. The maximum atomic E-state index is 2.59. The monoisotopic (exact) mass is 306 g/mol. The van der Waals surface area contributed by atoms with Gasteiger partial charge in [-0.05, 0) is 78.9 Å². The average molecular weight is 307 g/mol. The van der Waals surface area contributed by atoms with Crippen molar-refractivity contribution in [2.45, 2.75) is 106 Å². The molecule has 3 atom stereocenters. The summed E-state index contributed by atoms with van der Waals surface area (Å²) in [7, 11) is 0. The van der Waals surface area contributed by atoms with Gasteiger partial charge in [-0.3, -0.25) is 0 Å². The normalized spacial score (nSPS) is 42.7. The van der Waals surface area contributed by atoms with Crippen LogP contribution in [0.3, 0.4) is 0 Å². The molecule has 0 aromatic heterocycles. The molecule has 0 heterocycles. The summed E-state index contributed by atoms with van der Waals surface area (Å²) < 4.78 is 0. The number of hydrogen-bond donors (Lipinski definition) is 0. The van der Waals surface area contributed by atoms with Crippen molar-refractivity contribution >= 4 is 0 Å². The van der Waals surface area contributed by atoms with Crippen molar-refractivity contribution in [3.8, 4) is 0 Å². The van der Waals surface area contributed by atoms with E-state index in [9.17, 15) is 0 Å². The molecule has 22 heavy (non-hydrogen) atoms. The standard InChI is InChI=1S/C22H42/c1-8-19-16-20(4,5)22(19,7)15-17(3)14-18-10-12-21(6,9-2)13-11-18/h17-19H,8-16H2,1-7H3. The summed E-state index contributed by atoms with van der Waals surface area (Å²) in [6.45, 7) is 17.5. The Balaban J connectivity index is 1.85. The van der Waals surface area contributed by atoms with Crippen LogP contribution in [0.5, 0.6) is 0 Å². The molecule has 0 aromatic rings. The van der Waals surface area contributed by atoms with E-state index >= 15 is 0 Å². The molecule has 0 bridgehead atoms. The van der Waals surface area contributed by atoms with E-state index in [-0.39, 0.29) is 0 Å². The highest BCUT2D eigenvalue weighted by Crippen LogP contribution is 2.64. The zero-order valence-corrected chi connectivity index (χ0v) is 16.6. The van der Waals surface area contributed by atoms with Crippen LogP contribution in [0.1, 0.15) is 106 Å². The fourth-order valence-corrected chi connectivity index (χ4v) is 5.87. The summed E-state index contributed by atoms with van der Waals surface area (Å²) >= 11 is 0. The molecule has 0 saturated heterocycles. The molecule has 2 saturated carbocycles. The maximum Gasteiger partial charge on any atom is -0.0244 e. The van der Waals surface area contributed by atoms with Gasteiger partial charge in [0, 0.05) is 0 Å². The lowest BCUT2D eigenvalue weighted by atomic mass is 9.43. The van der Waals surface area contributed by atoms with Crippen LogP contribution in [-0.2, 0) is 0 Å². The van der Waals surface area contributed by atoms with E-state index in [1.165, 1.54) is 57.8 Å². The minimum atomic E-state index is 0.565. The van der Waals surface area contributed by atoms with Gasteiger partial charge in [0.1, 0.15) is 0 Å². The predicted octanol–water partition coefficient (Wildman–Crippen LogP) is 7.47. The lowest BCUT2D eigenvalue weighted by molar-refractivity contribution is -0.126. The third-order valence-corrected chi connectivity index (χ3v) is 8.37. The third-order valence-electron chi connectivity index (χ3n) is 8.37. The summed E-state index contributed by atoms with van der Waals surface area (Å²) in [5.74, 6) is 2.90. The highest BCUT2D eigenvalue weighted by Gasteiger charge is 2.55. The van der Waals surface area contributed by atoms with E-state index in [0.29, 0.717) is 16.2 Å². The van der Waals surface area contributed by atoms with Gasteiger partial charge in [-0.15, -0.1) is 0 Å². The van der Waals surface area contributed by atoms with E-state index in [1.54, 1.807) is 0 Å². The Morgan fingerprint density at radius 1 is 1.00 bits per heavy atom. The largest absolute Gasteiger partial charge is 0.0651 e. The fraction of sp³-hybridized carbons (Fsp3) is 1.00.